The molecule has 3 rings (SSSR count). The first-order valence-electron chi connectivity index (χ1n) is 10.1. The van der Waals surface area contributed by atoms with E-state index < -0.39 is 0 Å². The number of hydrogen-bond donors (Lipinski definition) is 0. The molecule has 1 unspecified atom stereocenters. The summed E-state index contributed by atoms with van der Waals surface area (Å²) in [6.45, 7) is 10.1. The molecule has 6 nitrogen and oxygen atoms in total. The summed E-state index contributed by atoms with van der Waals surface area (Å²) < 4.78 is 0. The van der Waals surface area contributed by atoms with Crippen LogP contribution in [0.25, 0.3) is 0 Å². The van der Waals surface area contributed by atoms with Gasteiger partial charge in [-0.1, -0.05) is 38.1 Å². The third-order valence-corrected chi connectivity index (χ3v) is 5.52. The fraction of sp³-hybridized carbons (Fsp3) is 0.500. The highest BCUT2D eigenvalue weighted by atomic mass is 16.2. The average molecular weight is 382 g/mol. The number of carbonyl (C=O) groups is 1. The molecular weight excluding hydrogens is 350 g/mol. The number of rotatable bonds is 6. The standard InChI is InChI=1S/C22H31N5O/c1-17(2)20-8-6-19(7-9-20)16-25(4)18(3)21(28)26-12-14-27(15-13-26)22-23-10-5-11-24-22/h5-11,17-18H,12-16H2,1-4H3. The van der Waals surface area contributed by atoms with Gasteiger partial charge < -0.3 is 9.80 Å². The third-order valence-electron chi connectivity index (χ3n) is 5.52. The van der Waals surface area contributed by atoms with Crippen LogP contribution in [0.4, 0.5) is 5.95 Å². The third kappa shape index (κ3) is 4.87. The number of likely N-dealkylation sites (N-methyl/N-ethyl adjacent to an activating group) is 1. The van der Waals surface area contributed by atoms with E-state index in [1.807, 2.05) is 24.9 Å². The van der Waals surface area contributed by atoms with Crippen molar-refractivity contribution < 1.29 is 4.79 Å². The molecule has 0 radical (unpaired) electrons. The largest absolute Gasteiger partial charge is 0.338 e. The molecule has 0 N–H and O–H groups in total. The van der Waals surface area contributed by atoms with Crippen molar-refractivity contribution in [3.63, 3.8) is 0 Å². The minimum Gasteiger partial charge on any atom is -0.338 e. The lowest BCUT2D eigenvalue weighted by atomic mass is 10.0. The van der Waals surface area contributed by atoms with Gasteiger partial charge in [-0.2, -0.15) is 0 Å². The maximum Gasteiger partial charge on any atom is 0.239 e. The summed E-state index contributed by atoms with van der Waals surface area (Å²) in [4.78, 5) is 27.8. The molecule has 1 aromatic carbocycles. The summed E-state index contributed by atoms with van der Waals surface area (Å²) in [5, 5.41) is 0. The van der Waals surface area contributed by atoms with Crippen molar-refractivity contribution in [2.24, 2.45) is 0 Å². The number of aromatic nitrogens is 2. The first-order chi connectivity index (χ1) is 13.5. The minimum absolute atomic E-state index is 0.149. The fourth-order valence-electron chi connectivity index (χ4n) is 3.47. The minimum atomic E-state index is -0.149. The Morgan fingerprint density at radius 1 is 1.04 bits per heavy atom. The fourth-order valence-corrected chi connectivity index (χ4v) is 3.47. The second kappa shape index (κ2) is 9.15. The molecule has 0 saturated carbocycles. The van der Waals surface area contributed by atoms with Crippen molar-refractivity contribution in [2.45, 2.75) is 39.3 Å². The predicted octanol–water partition coefficient (Wildman–Crippen LogP) is 2.77. The molecule has 1 amide bonds. The molecule has 0 aliphatic carbocycles. The van der Waals surface area contributed by atoms with E-state index in [1.165, 1.54) is 11.1 Å². The van der Waals surface area contributed by atoms with E-state index in [1.54, 1.807) is 12.4 Å². The number of benzene rings is 1. The average Bonchev–Trinajstić information content (AvgIpc) is 2.73. The smallest absolute Gasteiger partial charge is 0.239 e. The highest BCUT2D eigenvalue weighted by molar-refractivity contribution is 5.81. The lowest BCUT2D eigenvalue weighted by Crippen LogP contribution is -2.53. The number of hydrogen-bond acceptors (Lipinski definition) is 5. The van der Waals surface area contributed by atoms with Crippen LogP contribution < -0.4 is 4.90 Å². The van der Waals surface area contributed by atoms with Gasteiger partial charge >= 0.3 is 0 Å². The monoisotopic (exact) mass is 381 g/mol. The summed E-state index contributed by atoms with van der Waals surface area (Å²) in [7, 11) is 2.02. The van der Waals surface area contributed by atoms with Crippen LogP contribution in [0.5, 0.6) is 0 Å². The summed E-state index contributed by atoms with van der Waals surface area (Å²) in [5.41, 5.74) is 2.58. The molecular formula is C22H31N5O. The van der Waals surface area contributed by atoms with Crippen LogP contribution in [0.1, 0.15) is 37.8 Å². The highest BCUT2D eigenvalue weighted by Gasteiger charge is 2.27. The van der Waals surface area contributed by atoms with Crippen LogP contribution in [0.3, 0.4) is 0 Å². The maximum atomic E-state index is 13.0. The lowest BCUT2D eigenvalue weighted by Gasteiger charge is -2.37. The Morgan fingerprint density at radius 3 is 2.21 bits per heavy atom. The van der Waals surface area contributed by atoms with Gasteiger partial charge in [-0.15, -0.1) is 0 Å². The molecule has 1 fully saturated rings. The molecule has 1 aliphatic heterocycles. The Kier molecular flexibility index (Phi) is 6.62. The Bertz CT molecular complexity index is 754. The van der Waals surface area contributed by atoms with Gasteiger partial charge in [0.2, 0.25) is 11.9 Å². The van der Waals surface area contributed by atoms with Crippen LogP contribution in [-0.4, -0.2) is 64.9 Å². The van der Waals surface area contributed by atoms with Crippen molar-refractivity contribution in [2.75, 3.05) is 38.1 Å². The van der Waals surface area contributed by atoms with Crippen LogP contribution in [0.2, 0.25) is 0 Å². The molecule has 1 aliphatic rings. The van der Waals surface area contributed by atoms with Gasteiger partial charge in [-0.25, -0.2) is 9.97 Å². The molecule has 1 saturated heterocycles. The van der Waals surface area contributed by atoms with Crippen molar-refractivity contribution >= 4 is 11.9 Å². The van der Waals surface area contributed by atoms with Crippen molar-refractivity contribution in [1.82, 2.24) is 19.8 Å². The van der Waals surface area contributed by atoms with E-state index in [4.69, 9.17) is 0 Å². The number of anilines is 1. The number of carbonyl (C=O) groups excluding carboxylic acids is 1. The van der Waals surface area contributed by atoms with Gasteiger partial charge in [0.05, 0.1) is 6.04 Å². The molecule has 2 aromatic rings. The Balaban J connectivity index is 1.52. The summed E-state index contributed by atoms with van der Waals surface area (Å²) in [5.74, 6) is 1.46. The molecule has 1 atom stereocenters. The van der Waals surface area contributed by atoms with Crippen LogP contribution in [0.15, 0.2) is 42.7 Å². The van der Waals surface area contributed by atoms with Gasteiger partial charge in [-0.05, 0) is 37.1 Å². The highest BCUT2D eigenvalue weighted by Crippen LogP contribution is 2.17. The second-order valence-corrected chi connectivity index (χ2v) is 7.85. The van der Waals surface area contributed by atoms with E-state index in [0.717, 1.165) is 25.6 Å². The van der Waals surface area contributed by atoms with Gasteiger partial charge in [0.15, 0.2) is 0 Å². The maximum absolute atomic E-state index is 13.0. The van der Waals surface area contributed by atoms with Crippen LogP contribution in [-0.2, 0) is 11.3 Å². The van der Waals surface area contributed by atoms with Crippen LogP contribution >= 0.6 is 0 Å². The van der Waals surface area contributed by atoms with Crippen LogP contribution in [0, 0.1) is 0 Å². The Morgan fingerprint density at radius 2 is 1.64 bits per heavy atom. The zero-order valence-electron chi connectivity index (χ0n) is 17.4. The normalized spacial score (nSPS) is 15.9. The molecule has 0 bridgehead atoms. The zero-order chi connectivity index (χ0) is 20.1. The van der Waals surface area contributed by atoms with E-state index in [9.17, 15) is 4.79 Å². The number of nitrogens with zero attached hydrogens (tertiary/aromatic N) is 5. The summed E-state index contributed by atoms with van der Waals surface area (Å²) >= 11 is 0. The lowest BCUT2D eigenvalue weighted by molar-refractivity contribution is -0.136. The van der Waals surface area contributed by atoms with Gasteiger partial charge in [-0.3, -0.25) is 9.69 Å². The summed E-state index contributed by atoms with van der Waals surface area (Å²) in [6, 6.07) is 10.4. The van der Waals surface area contributed by atoms with E-state index in [-0.39, 0.29) is 11.9 Å². The van der Waals surface area contributed by atoms with Crippen molar-refractivity contribution in [3.05, 3.63) is 53.9 Å². The molecule has 150 valence electrons. The van der Waals surface area contributed by atoms with Gasteiger partial charge in [0, 0.05) is 45.1 Å². The molecule has 0 spiro atoms. The predicted molar refractivity (Wildman–Crippen MR) is 112 cm³/mol. The summed E-state index contributed by atoms with van der Waals surface area (Å²) in [6.07, 6.45) is 3.51. The molecule has 28 heavy (non-hydrogen) atoms. The Hall–Kier alpha value is -2.47. The van der Waals surface area contributed by atoms with Gasteiger partial charge in [0.1, 0.15) is 0 Å². The van der Waals surface area contributed by atoms with Crippen molar-refractivity contribution in [1.29, 1.82) is 0 Å². The zero-order valence-corrected chi connectivity index (χ0v) is 17.4. The van der Waals surface area contributed by atoms with Crippen molar-refractivity contribution in [3.8, 4) is 0 Å². The Labute approximate surface area is 168 Å². The topological polar surface area (TPSA) is 52.6 Å². The van der Waals surface area contributed by atoms with E-state index in [2.05, 4.69) is 57.9 Å². The quantitative estimate of drug-likeness (QED) is 0.770. The SMILES string of the molecule is CC(C)c1ccc(CN(C)C(C)C(=O)N2CCN(c3ncccn3)CC2)cc1. The second-order valence-electron chi connectivity index (χ2n) is 7.85. The van der Waals surface area contributed by atoms with E-state index in [0.29, 0.717) is 19.0 Å². The molecule has 2 heterocycles. The first kappa shape index (κ1) is 20.3. The van der Waals surface area contributed by atoms with E-state index >= 15 is 0 Å². The number of piperazine rings is 1. The molecule has 6 heteroatoms. The number of amides is 1. The first-order valence-corrected chi connectivity index (χ1v) is 10.1. The van der Waals surface area contributed by atoms with Gasteiger partial charge in [0.25, 0.3) is 0 Å². The molecule has 1 aromatic heterocycles.